The number of hydrogen-bond acceptors (Lipinski definition) is 6. The number of sulfone groups is 2. The summed E-state index contributed by atoms with van der Waals surface area (Å²) in [7, 11) is -5.76. The van der Waals surface area contributed by atoms with Crippen molar-refractivity contribution in [3.63, 3.8) is 0 Å². The summed E-state index contributed by atoms with van der Waals surface area (Å²) in [4.78, 5) is 3.34. The SMILES string of the molecule is COc1ccc(S(=O)(=O)[C@H]2CS(=O)(=O)C[C@H]2NCCc2c[nH]c3ccccc23)cc1C. The van der Waals surface area contributed by atoms with E-state index in [2.05, 4.69) is 10.3 Å². The molecule has 1 fully saturated rings. The molecule has 0 bridgehead atoms. The summed E-state index contributed by atoms with van der Waals surface area (Å²) >= 11 is 0. The molecule has 31 heavy (non-hydrogen) atoms. The average Bonchev–Trinajstić information content (AvgIpc) is 3.28. The van der Waals surface area contributed by atoms with Gasteiger partial charge in [0, 0.05) is 23.1 Å². The molecule has 2 atom stereocenters. The summed E-state index contributed by atoms with van der Waals surface area (Å²) in [6.45, 7) is 2.25. The number of rotatable bonds is 7. The summed E-state index contributed by atoms with van der Waals surface area (Å²) in [6.07, 6.45) is 2.60. The van der Waals surface area contributed by atoms with Gasteiger partial charge in [-0.05, 0) is 55.3 Å². The van der Waals surface area contributed by atoms with Crippen molar-refractivity contribution in [2.24, 2.45) is 0 Å². The van der Waals surface area contributed by atoms with E-state index in [1.807, 2.05) is 30.5 Å². The number of fused-ring (bicyclic) bond motifs is 1. The van der Waals surface area contributed by atoms with Crippen LogP contribution in [-0.4, -0.2) is 58.3 Å². The van der Waals surface area contributed by atoms with Crippen molar-refractivity contribution in [2.45, 2.75) is 29.5 Å². The normalized spacial score (nSPS) is 20.8. The van der Waals surface area contributed by atoms with Crippen molar-refractivity contribution in [2.75, 3.05) is 25.2 Å². The molecular weight excluding hydrogens is 436 g/mol. The number of hydrogen-bond donors (Lipinski definition) is 2. The average molecular weight is 463 g/mol. The van der Waals surface area contributed by atoms with Crippen molar-refractivity contribution in [1.82, 2.24) is 10.3 Å². The highest BCUT2D eigenvalue weighted by Gasteiger charge is 2.45. The number of benzene rings is 2. The molecule has 0 aliphatic carbocycles. The van der Waals surface area contributed by atoms with Crippen LogP contribution in [0.5, 0.6) is 5.75 Å². The first-order chi connectivity index (χ1) is 14.7. The fraction of sp³-hybridized carbons (Fsp3) is 0.364. The van der Waals surface area contributed by atoms with Gasteiger partial charge in [-0.3, -0.25) is 0 Å². The minimum absolute atomic E-state index is 0.122. The zero-order valence-electron chi connectivity index (χ0n) is 17.5. The zero-order valence-corrected chi connectivity index (χ0v) is 19.1. The molecule has 166 valence electrons. The molecule has 1 aromatic heterocycles. The van der Waals surface area contributed by atoms with Gasteiger partial charge in [0.05, 0.1) is 28.8 Å². The van der Waals surface area contributed by atoms with Gasteiger partial charge in [0.25, 0.3) is 0 Å². The van der Waals surface area contributed by atoms with E-state index in [4.69, 9.17) is 4.74 Å². The fourth-order valence-corrected chi connectivity index (χ4v) is 9.04. The van der Waals surface area contributed by atoms with Crippen molar-refractivity contribution < 1.29 is 21.6 Å². The standard InChI is InChI=1S/C22H26N2O5S2/c1-15-11-17(7-8-21(15)29-2)31(27,28)22-14-30(25,26)13-20(22)23-10-9-16-12-24-19-6-4-3-5-18(16)19/h3-8,11-12,20,22-24H,9-10,13-14H2,1-2H3/t20-,22+/m1/s1. The molecule has 2 N–H and O–H groups in total. The number of para-hydroxylation sites is 1. The Bertz CT molecular complexity index is 1310. The van der Waals surface area contributed by atoms with E-state index in [9.17, 15) is 16.8 Å². The van der Waals surface area contributed by atoms with Crippen molar-refractivity contribution in [3.05, 3.63) is 59.8 Å². The lowest BCUT2D eigenvalue weighted by atomic mass is 10.1. The topological polar surface area (TPSA) is 105 Å². The van der Waals surface area contributed by atoms with Gasteiger partial charge in [0.2, 0.25) is 0 Å². The van der Waals surface area contributed by atoms with E-state index in [-0.39, 0.29) is 16.4 Å². The quantitative estimate of drug-likeness (QED) is 0.558. The molecule has 1 aliphatic rings. The highest BCUT2D eigenvalue weighted by Crippen LogP contribution is 2.29. The number of H-pyrrole nitrogens is 1. The highest BCUT2D eigenvalue weighted by atomic mass is 32.2. The molecule has 0 unspecified atom stereocenters. The number of ether oxygens (including phenoxy) is 1. The predicted octanol–water partition coefficient (Wildman–Crippen LogP) is 2.26. The van der Waals surface area contributed by atoms with Crippen LogP contribution in [0.4, 0.5) is 0 Å². The van der Waals surface area contributed by atoms with E-state index < -0.39 is 31.0 Å². The van der Waals surface area contributed by atoms with Crippen molar-refractivity contribution in [1.29, 1.82) is 0 Å². The highest BCUT2D eigenvalue weighted by molar-refractivity contribution is 7.96. The molecule has 2 heterocycles. The van der Waals surface area contributed by atoms with Crippen LogP contribution in [0.1, 0.15) is 11.1 Å². The lowest BCUT2D eigenvalue weighted by Gasteiger charge is -2.20. The van der Waals surface area contributed by atoms with E-state index >= 15 is 0 Å². The lowest BCUT2D eigenvalue weighted by Crippen LogP contribution is -2.44. The largest absolute Gasteiger partial charge is 0.496 e. The molecular formula is C22H26N2O5S2. The number of methoxy groups -OCH3 is 1. The number of nitrogens with one attached hydrogen (secondary N) is 2. The minimum atomic E-state index is -3.83. The maximum absolute atomic E-state index is 13.3. The van der Waals surface area contributed by atoms with Gasteiger partial charge in [-0.15, -0.1) is 0 Å². The summed E-state index contributed by atoms with van der Waals surface area (Å²) in [5.41, 5.74) is 2.83. The van der Waals surface area contributed by atoms with Crippen LogP contribution >= 0.6 is 0 Å². The number of aromatic amines is 1. The third-order valence-electron chi connectivity index (χ3n) is 5.87. The molecule has 9 heteroatoms. The van der Waals surface area contributed by atoms with Crippen molar-refractivity contribution >= 4 is 30.6 Å². The van der Waals surface area contributed by atoms with Gasteiger partial charge < -0.3 is 15.0 Å². The van der Waals surface area contributed by atoms with Crippen LogP contribution < -0.4 is 10.1 Å². The third kappa shape index (κ3) is 4.35. The Hall–Kier alpha value is -2.36. The van der Waals surface area contributed by atoms with Crippen LogP contribution in [0.2, 0.25) is 0 Å². The monoisotopic (exact) mass is 462 g/mol. The molecule has 1 aliphatic heterocycles. The molecule has 0 radical (unpaired) electrons. The second-order valence-electron chi connectivity index (χ2n) is 7.96. The Balaban J connectivity index is 1.53. The minimum Gasteiger partial charge on any atom is -0.496 e. The van der Waals surface area contributed by atoms with Crippen LogP contribution in [0.25, 0.3) is 10.9 Å². The van der Waals surface area contributed by atoms with Crippen LogP contribution in [0, 0.1) is 6.92 Å². The van der Waals surface area contributed by atoms with Crippen molar-refractivity contribution in [3.8, 4) is 5.75 Å². The maximum Gasteiger partial charge on any atom is 0.183 e. The first-order valence-electron chi connectivity index (χ1n) is 10.1. The van der Waals surface area contributed by atoms with E-state index in [1.54, 1.807) is 19.1 Å². The molecule has 0 saturated carbocycles. The fourth-order valence-electron chi connectivity index (χ4n) is 4.24. The van der Waals surface area contributed by atoms with E-state index in [0.29, 0.717) is 24.3 Å². The Labute approximate surface area is 182 Å². The second-order valence-corrected chi connectivity index (χ2v) is 12.3. The van der Waals surface area contributed by atoms with Gasteiger partial charge in [-0.25, -0.2) is 16.8 Å². The Kier molecular flexibility index (Phi) is 5.85. The Morgan fingerprint density at radius 2 is 1.94 bits per heavy atom. The molecule has 3 aromatic rings. The zero-order chi connectivity index (χ0) is 22.2. The molecule has 4 rings (SSSR count). The summed E-state index contributed by atoms with van der Waals surface area (Å²) in [6, 6.07) is 11.9. The number of aromatic nitrogens is 1. The first kappa shape index (κ1) is 21.9. The second kappa shape index (κ2) is 8.29. The molecule has 0 spiro atoms. The summed E-state index contributed by atoms with van der Waals surface area (Å²) in [5, 5.41) is 3.30. The van der Waals surface area contributed by atoms with Gasteiger partial charge in [-0.2, -0.15) is 0 Å². The van der Waals surface area contributed by atoms with Crippen LogP contribution in [0.15, 0.2) is 53.6 Å². The van der Waals surface area contributed by atoms with Crippen LogP contribution in [0.3, 0.4) is 0 Å². The number of aryl methyl sites for hydroxylation is 1. The molecule has 2 aromatic carbocycles. The van der Waals surface area contributed by atoms with Crippen LogP contribution in [-0.2, 0) is 26.1 Å². The third-order valence-corrected chi connectivity index (χ3v) is 10.0. The van der Waals surface area contributed by atoms with Gasteiger partial charge in [0.1, 0.15) is 5.75 Å². The Morgan fingerprint density at radius 3 is 2.68 bits per heavy atom. The first-order valence-corrected chi connectivity index (χ1v) is 13.5. The summed E-state index contributed by atoms with van der Waals surface area (Å²) < 4.78 is 56.5. The van der Waals surface area contributed by atoms with E-state index in [0.717, 1.165) is 16.5 Å². The smallest absolute Gasteiger partial charge is 0.183 e. The summed E-state index contributed by atoms with van der Waals surface area (Å²) in [5.74, 6) is 0.0387. The van der Waals surface area contributed by atoms with Gasteiger partial charge in [-0.1, -0.05) is 18.2 Å². The molecule has 7 nitrogen and oxygen atoms in total. The predicted molar refractivity (Wildman–Crippen MR) is 121 cm³/mol. The van der Waals surface area contributed by atoms with Gasteiger partial charge >= 0.3 is 0 Å². The molecule has 1 saturated heterocycles. The Morgan fingerprint density at radius 1 is 1.16 bits per heavy atom. The maximum atomic E-state index is 13.3. The molecule has 0 amide bonds. The van der Waals surface area contributed by atoms with E-state index in [1.165, 1.54) is 13.2 Å². The lowest BCUT2D eigenvalue weighted by molar-refractivity contribution is 0.411. The van der Waals surface area contributed by atoms with Gasteiger partial charge in [0.15, 0.2) is 19.7 Å².